The van der Waals surface area contributed by atoms with E-state index in [0.717, 1.165) is 42.9 Å². The van der Waals surface area contributed by atoms with E-state index in [1.165, 1.54) is 0 Å². The SMILES string of the molecule is CC(C)(C)c1cc([C@@H](CF)N2CCNCC2)c(O)c(C(C)(C)C)c1. The zero-order valence-electron chi connectivity index (χ0n) is 16.0. The van der Waals surface area contributed by atoms with Crippen molar-refractivity contribution in [2.75, 3.05) is 32.9 Å². The van der Waals surface area contributed by atoms with Crippen LogP contribution >= 0.6 is 0 Å². The minimum absolute atomic E-state index is 0.0488. The lowest BCUT2D eigenvalue weighted by Gasteiger charge is -2.36. The first-order valence-corrected chi connectivity index (χ1v) is 8.94. The highest BCUT2D eigenvalue weighted by Crippen LogP contribution is 2.41. The molecule has 3 nitrogen and oxygen atoms in total. The van der Waals surface area contributed by atoms with E-state index in [2.05, 4.69) is 57.8 Å². The molecule has 1 atom stereocenters. The van der Waals surface area contributed by atoms with Crippen LogP contribution in [0.25, 0.3) is 0 Å². The van der Waals surface area contributed by atoms with Gasteiger partial charge in [0.25, 0.3) is 0 Å². The van der Waals surface area contributed by atoms with Gasteiger partial charge in [0.2, 0.25) is 0 Å². The van der Waals surface area contributed by atoms with Crippen LogP contribution in [-0.4, -0.2) is 42.9 Å². The number of benzene rings is 1. The van der Waals surface area contributed by atoms with E-state index in [4.69, 9.17) is 0 Å². The molecule has 0 spiro atoms. The topological polar surface area (TPSA) is 35.5 Å². The summed E-state index contributed by atoms with van der Waals surface area (Å²) in [5, 5.41) is 14.2. The third-order valence-electron chi connectivity index (χ3n) is 4.91. The molecule has 24 heavy (non-hydrogen) atoms. The average molecular weight is 336 g/mol. The van der Waals surface area contributed by atoms with Crippen molar-refractivity contribution in [2.24, 2.45) is 0 Å². The Labute approximate surface area is 146 Å². The summed E-state index contributed by atoms with van der Waals surface area (Å²) in [4.78, 5) is 2.14. The summed E-state index contributed by atoms with van der Waals surface area (Å²) in [7, 11) is 0. The molecule has 1 aliphatic heterocycles. The van der Waals surface area contributed by atoms with Crippen LogP contribution in [0.15, 0.2) is 12.1 Å². The smallest absolute Gasteiger partial charge is 0.124 e. The van der Waals surface area contributed by atoms with Crippen molar-refractivity contribution in [2.45, 2.75) is 58.4 Å². The fraction of sp³-hybridized carbons (Fsp3) is 0.700. The van der Waals surface area contributed by atoms with Crippen LogP contribution in [0.4, 0.5) is 4.39 Å². The lowest BCUT2D eigenvalue weighted by molar-refractivity contribution is 0.145. The number of hydrogen-bond acceptors (Lipinski definition) is 3. The molecule has 0 amide bonds. The van der Waals surface area contributed by atoms with E-state index in [9.17, 15) is 9.50 Å². The molecule has 2 N–H and O–H groups in total. The predicted molar refractivity (Wildman–Crippen MR) is 98.7 cm³/mol. The number of alkyl halides is 1. The summed E-state index contributed by atoms with van der Waals surface area (Å²) in [6.07, 6.45) is 0. The number of nitrogens with one attached hydrogen (secondary N) is 1. The van der Waals surface area contributed by atoms with E-state index >= 15 is 0 Å². The molecular formula is C20H33FN2O. The first-order valence-electron chi connectivity index (χ1n) is 8.94. The quantitative estimate of drug-likeness (QED) is 0.879. The molecule has 1 fully saturated rings. The van der Waals surface area contributed by atoms with Crippen LogP contribution in [0.2, 0.25) is 0 Å². The average Bonchev–Trinajstić information content (AvgIpc) is 2.48. The number of rotatable bonds is 3. The van der Waals surface area contributed by atoms with Crippen molar-refractivity contribution in [3.63, 3.8) is 0 Å². The molecule has 1 aliphatic rings. The van der Waals surface area contributed by atoms with Crippen molar-refractivity contribution < 1.29 is 9.50 Å². The van der Waals surface area contributed by atoms with Gasteiger partial charge in [-0.25, -0.2) is 4.39 Å². The van der Waals surface area contributed by atoms with Crippen LogP contribution in [0.3, 0.4) is 0 Å². The normalized spacial score (nSPS) is 18.6. The van der Waals surface area contributed by atoms with Gasteiger partial charge in [-0.15, -0.1) is 0 Å². The number of phenols is 1. The second kappa shape index (κ2) is 7.01. The van der Waals surface area contributed by atoms with Gasteiger partial charge < -0.3 is 10.4 Å². The molecule has 0 saturated carbocycles. The van der Waals surface area contributed by atoms with E-state index in [0.29, 0.717) is 0 Å². The van der Waals surface area contributed by atoms with Gasteiger partial charge >= 0.3 is 0 Å². The molecule has 1 saturated heterocycles. The first kappa shape index (κ1) is 19.2. The number of halogens is 1. The van der Waals surface area contributed by atoms with Gasteiger partial charge in [0.15, 0.2) is 0 Å². The molecule has 2 rings (SSSR count). The third-order valence-corrected chi connectivity index (χ3v) is 4.91. The zero-order valence-corrected chi connectivity index (χ0v) is 16.0. The Morgan fingerprint density at radius 1 is 1.08 bits per heavy atom. The van der Waals surface area contributed by atoms with Crippen LogP contribution in [0, 0.1) is 0 Å². The lowest BCUT2D eigenvalue weighted by Crippen LogP contribution is -2.45. The van der Waals surface area contributed by atoms with E-state index in [-0.39, 0.29) is 22.6 Å². The van der Waals surface area contributed by atoms with Gasteiger partial charge in [-0.1, -0.05) is 47.6 Å². The van der Waals surface area contributed by atoms with Gasteiger partial charge in [0.05, 0.1) is 6.04 Å². The molecule has 1 heterocycles. The van der Waals surface area contributed by atoms with E-state index < -0.39 is 6.67 Å². The third kappa shape index (κ3) is 4.09. The van der Waals surface area contributed by atoms with Crippen LogP contribution < -0.4 is 5.32 Å². The largest absolute Gasteiger partial charge is 0.507 e. The van der Waals surface area contributed by atoms with E-state index in [1.807, 2.05) is 6.07 Å². The number of nitrogens with zero attached hydrogens (tertiary/aromatic N) is 1. The first-order chi connectivity index (χ1) is 11.1. The number of aromatic hydroxyl groups is 1. The molecule has 0 aromatic heterocycles. The molecular weight excluding hydrogens is 303 g/mol. The molecule has 4 heteroatoms. The Bertz CT molecular complexity index is 566. The van der Waals surface area contributed by atoms with Crippen LogP contribution in [0.5, 0.6) is 5.75 Å². The second-order valence-corrected chi connectivity index (χ2v) is 8.92. The van der Waals surface area contributed by atoms with Gasteiger partial charge in [-0.05, 0) is 28.0 Å². The van der Waals surface area contributed by atoms with Gasteiger partial charge in [0.1, 0.15) is 12.4 Å². The fourth-order valence-corrected chi connectivity index (χ4v) is 3.29. The molecule has 1 aromatic carbocycles. The van der Waals surface area contributed by atoms with Crippen molar-refractivity contribution in [1.82, 2.24) is 10.2 Å². The summed E-state index contributed by atoms with van der Waals surface area (Å²) in [6, 6.07) is 3.72. The zero-order chi connectivity index (χ0) is 18.1. The Hall–Kier alpha value is -1.13. The standard InChI is InChI=1S/C20H33FN2O/c1-19(2,3)14-11-15(18(24)16(12-14)20(4,5)6)17(13-21)23-9-7-22-8-10-23/h11-12,17,22,24H,7-10,13H2,1-6H3/t17-/m1/s1. The van der Waals surface area contributed by atoms with E-state index in [1.54, 1.807) is 0 Å². The van der Waals surface area contributed by atoms with Gasteiger partial charge in [0, 0.05) is 31.7 Å². The van der Waals surface area contributed by atoms with Crippen LogP contribution in [-0.2, 0) is 10.8 Å². The van der Waals surface area contributed by atoms with Crippen molar-refractivity contribution >= 4 is 0 Å². The van der Waals surface area contributed by atoms with Crippen molar-refractivity contribution in [3.8, 4) is 5.75 Å². The van der Waals surface area contributed by atoms with Gasteiger partial charge in [-0.3, -0.25) is 4.90 Å². The molecule has 136 valence electrons. The molecule has 1 aromatic rings. The molecule has 0 radical (unpaired) electrons. The maximum atomic E-state index is 14.0. The maximum absolute atomic E-state index is 14.0. The number of piperazine rings is 1. The number of hydrogen-bond donors (Lipinski definition) is 2. The summed E-state index contributed by atoms with van der Waals surface area (Å²) >= 11 is 0. The van der Waals surface area contributed by atoms with Crippen LogP contribution in [0.1, 0.15) is 64.3 Å². The minimum Gasteiger partial charge on any atom is -0.507 e. The monoisotopic (exact) mass is 336 g/mol. The Morgan fingerprint density at radius 2 is 1.67 bits per heavy atom. The fourth-order valence-electron chi connectivity index (χ4n) is 3.29. The summed E-state index contributed by atoms with van der Waals surface area (Å²) in [6.45, 7) is 15.6. The highest BCUT2D eigenvalue weighted by Gasteiger charge is 2.30. The summed E-state index contributed by atoms with van der Waals surface area (Å²) < 4.78 is 14.0. The minimum atomic E-state index is -0.481. The Morgan fingerprint density at radius 3 is 2.12 bits per heavy atom. The summed E-state index contributed by atoms with van der Waals surface area (Å²) in [5.74, 6) is 0.261. The van der Waals surface area contributed by atoms with Crippen molar-refractivity contribution in [1.29, 1.82) is 0 Å². The Balaban J connectivity index is 2.57. The molecule has 0 bridgehead atoms. The Kier molecular flexibility index (Phi) is 5.61. The molecule has 0 unspecified atom stereocenters. The second-order valence-electron chi connectivity index (χ2n) is 8.92. The maximum Gasteiger partial charge on any atom is 0.124 e. The number of phenolic OH excluding ortho intramolecular Hbond substituents is 1. The van der Waals surface area contributed by atoms with Gasteiger partial charge in [-0.2, -0.15) is 0 Å². The lowest BCUT2D eigenvalue weighted by atomic mass is 9.78. The highest BCUT2D eigenvalue weighted by molar-refractivity contribution is 5.50. The molecule has 0 aliphatic carbocycles. The highest BCUT2D eigenvalue weighted by atomic mass is 19.1. The summed E-state index contributed by atoms with van der Waals surface area (Å²) in [5.41, 5.74) is 2.54. The predicted octanol–water partition coefficient (Wildman–Crippen LogP) is 3.90. The van der Waals surface area contributed by atoms with Crippen molar-refractivity contribution in [3.05, 3.63) is 28.8 Å².